The number of aromatic nitrogens is 3. The minimum atomic E-state index is -3.67. The molecule has 2 rings (SSSR count). The van der Waals surface area contributed by atoms with Crippen LogP contribution in [0.4, 0.5) is 0 Å². The van der Waals surface area contributed by atoms with Crippen LogP contribution in [0, 0.1) is 0 Å². The zero-order valence-electron chi connectivity index (χ0n) is 9.54. The first-order valence-corrected chi connectivity index (χ1v) is 6.93. The zero-order chi connectivity index (χ0) is 13.2. The maximum absolute atomic E-state index is 12.0. The molecule has 0 aliphatic heterocycles. The fourth-order valence-electron chi connectivity index (χ4n) is 1.38. The summed E-state index contributed by atoms with van der Waals surface area (Å²) in [7, 11) is -1.93. The first-order chi connectivity index (χ1) is 8.50. The largest absolute Gasteiger partial charge is 0.271 e. The van der Waals surface area contributed by atoms with E-state index in [1.165, 1.54) is 18.5 Å². The maximum Gasteiger partial charge on any atom is 0.243 e. The van der Waals surface area contributed by atoms with Gasteiger partial charge in [-0.15, -0.1) is 0 Å². The number of nitrogens with one attached hydrogen (secondary N) is 1. The van der Waals surface area contributed by atoms with Crippen molar-refractivity contribution in [2.45, 2.75) is 11.4 Å². The van der Waals surface area contributed by atoms with Crippen molar-refractivity contribution in [2.75, 3.05) is 0 Å². The van der Waals surface area contributed by atoms with Gasteiger partial charge in [-0.2, -0.15) is 5.10 Å². The van der Waals surface area contributed by atoms with Crippen LogP contribution >= 0.6 is 11.6 Å². The number of hydrogen-bond donors (Lipinski definition) is 1. The van der Waals surface area contributed by atoms with Gasteiger partial charge in [0.05, 0.1) is 17.3 Å². The third-order valence-electron chi connectivity index (χ3n) is 2.39. The van der Waals surface area contributed by atoms with E-state index in [1.807, 2.05) is 0 Å². The second kappa shape index (κ2) is 5.05. The number of aryl methyl sites for hydroxylation is 1. The molecule has 0 aliphatic rings. The van der Waals surface area contributed by atoms with Gasteiger partial charge in [-0.25, -0.2) is 13.1 Å². The maximum atomic E-state index is 12.0. The van der Waals surface area contributed by atoms with E-state index in [0.29, 0.717) is 0 Å². The topological polar surface area (TPSA) is 76.9 Å². The molecule has 2 heterocycles. The molecule has 2 aromatic heterocycles. The van der Waals surface area contributed by atoms with Crippen molar-refractivity contribution in [3.63, 3.8) is 0 Å². The Balaban J connectivity index is 2.19. The lowest BCUT2D eigenvalue weighted by molar-refractivity contribution is 0.577. The Hall–Kier alpha value is -1.44. The number of pyridine rings is 1. The molecule has 0 saturated carbocycles. The van der Waals surface area contributed by atoms with E-state index in [2.05, 4.69) is 14.8 Å². The minimum absolute atomic E-state index is 0.0335. The van der Waals surface area contributed by atoms with Crippen molar-refractivity contribution >= 4 is 21.6 Å². The second-order valence-electron chi connectivity index (χ2n) is 3.58. The molecule has 0 unspecified atom stereocenters. The van der Waals surface area contributed by atoms with Crippen LogP contribution in [0.15, 0.2) is 35.6 Å². The Morgan fingerprint density at radius 2 is 2.17 bits per heavy atom. The van der Waals surface area contributed by atoms with Crippen LogP contribution in [0.5, 0.6) is 0 Å². The third kappa shape index (κ3) is 2.69. The molecule has 0 aliphatic carbocycles. The van der Waals surface area contributed by atoms with Crippen molar-refractivity contribution in [1.82, 2.24) is 19.5 Å². The molecule has 0 amide bonds. The monoisotopic (exact) mass is 286 g/mol. The Morgan fingerprint density at radius 3 is 2.78 bits per heavy atom. The first-order valence-electron chi connectivity index (χ1n) is 5.07. The van der Waals surface area contributed by atoms with Crippen LogP contribution in [0.1, 0.15) is 5.69 Å². The molecule has 0 aromatic carbocycles. The summed E-state index contributed by atoms with van der Waals surface area (Å²) in [6.45, 7) is 0.143. The van der Waals surface area contributed by atoms with Crippen LogP contribution in [-0.2, 0) is 23.6 Å². The smallest absolute Gasteiger partial charge is 0.243 e. The first kappa shape index (κ1) is 13.0. The van der Waals surface area contributed by atoms with Crippen molar-refractivity contribution in [3.8, 4) is 0 Å². The Kier molecular flexibility index (Phi) is 3.65. The summed E-state index contributed by atoms with van der Waals surface area (Å²) in [5.41, 5.74) is 0.749. The highest BCUT2D eigenvalue weighted by Crippen LogP contribution is 2.19. The van der Waals surface area contributed by atoms with Gasteiger partial charge < -0.3 is 0 Å². The van der Waals surface area contributed by atoms with Crippen molar-refractivity contribution in [1.29, 1.82) is 0 Å². The molecule has 0 bridgehead atoms. The molecule has 96 valence electrons. The van der Waals surface area contributed by atoms with Gasteiger partial charge in [-0.1, -0.05) is 11.6 Å². The molecule has 0 fully saturated rings. The number of nitrogens with zero attached hydrogens (tertiary/aromatic N) is 3. The van der Waals surface area contributed by atoms with E-state index in [9.17, 15) is 8.42 Å². The fourth-order valence-corrected chi connectivity index (χ4v) is 2.81. The molecule has 0 saturated heterocycles. The number of sulfonamides is 1. The molecule has 6 nitrogen and oxygen atoms in total. The van der Waals surface area contributed by atoms with Gasteiger partial charge in [0.15, 0.2) is 0 Å². The molecular weight excluding hydrogens is 276 g/mol. The number of rotatable bonds is 4. The average molecular weight is 287 g/mol. The van der Waals surface area contributed by atoms with Gasteiger partial charge in [0.2, 0.25) is 10.0 Å². The van der Waals surface area contributed by atoms with Gasteiger partial charge in [-0.3, -0.25) is 9.67 Å². The van der Waals surface area contributed by atoms with Crippen molar-refractivity contribution in [2.24, 2.45) is 7.05 Å². The predicted octanol–water partition coefficient (Wildman–Crippen LogP) is 0.947. The Morgan fingerprint density at radius 1 is 1.39 bits per heavy atom. The minimum Gasteiger partial charge on any atom is -0.271 e. The van der Waals surface area contributed by atoms with Gasteiger partial charge in [0, 0.05) is 25.6 Å². The summed E-state index contributed by atoms with van der Waals surface area (Å²) >= 11 is 5.82. The van der Waals surface area contributed by atoms with Crippen molar-refractivity contribution < 1.29 is 8.42 Å². The van der Waals surface area contributed by atoms with E-state index in [1.54, 1.807) is 24.0 Å². The summed E-state index contributed by atoms with van der Waals surface area (Å²) in [5, 5.41) is 4.09. The van der Waals surface area contributed by atoms with Crippen LogP contribution < -0.4 is 4.72 Å². The Labute approximate surface area is 110 Å². The molecule has 0 atom stereocenters. The molecule has 0 spiro atoms. The van der Waals surface area contributed by atoms with E-state index in [0.717, 1.165) is 5.69 Å². The van der Waals surface area contributed by atoms with Crippen LogP contribution in [-0.4, -0.2) is 23.2 Å². The molecule has 1 N–H and O–H groups in total. The average Bonchev–Trinajstić information content (AvgIpc) is 2.73. The quantitative estimate of drug-likeness (QED) is 0.908. The van der Waals surface area contributed by atoms with Gasteiger partial charge in [0.1, 0.15) is 4.90 Å². The molecular formula is C10H11ClN4O2S. The summed E-state index contributed by atoms with van der Waals surface area (Å²) in [4.78, 5) is 3.72. The lowest BCUT2D eigenvalue weighted by Gasteiger charge is -2.07. The summed E-state index contributed by atoms with van der Waals surface area (Å²) in [5.74, 6) is 0. The summed E-state index contributed by atoms with van der Waals surface area (Å²) in [6.07, 6.45) is 4.25. The number of halogens is 1. The summed E-state index contributed by atoms with van der Waals surface area (Å²) in [6, 6.07) is 3.16. The molecule has 2 aromatic rings. The van der Waals surface area contributed by atoms with E-state index < -0.39 is 10.0 Å². The second-order valence-corrected chi connectivity index (χ2v) is 5.72. The third-order valence-corrected chi connectivity index (χ3v) is 4.26. The molecule has 8 heteroatoms. The molecule has 18 heavy (non-hydrogen) atoms. The van der Waals surface area contributed by atoms with Crippen LogP contribution in [0.25, 0.3) is 0 Å². The van der Waals surface area contributed by atoms with E-state index in [-0.39, 0.29) is 16.5 Å². The Bertz CT molecular complexity index is 653. The fraction of sp³-hybridized carbons (Fsp3) is 0.200. The van der Waals surface area contributed by atoms with Crippen molar-refractivity contribution in [3.05, 3.63) is 41.4 Å². The van der Waals surface area contributed by atoms with E-state index >= 15 is 0 Å². The van der Waals surface area contributed by atoms with Gasteiger partial charge in [0.25, 0.3) is 0 Å². The lowest BCUT2D eigenvalue weighted by Crippen LogP contribution is -2.24. The highest BCUT2D eigenvalue weighted by atomic mass is 35.5. The van der Waals surface area contributed by atoms with E-state index in [4.69, 9.17) is 11.6 Å². The molecule has 0 radical (unpaired) electrons. The van der Waals surface area contributed by atoms with Gasteiger partial charge >= 0.3 is 0 Å². The number of hydrogen-bond acceptors (Lipinski definition) is 4. The lowest BCUT2D eigenvalue weighted by atomic mass is 10.4. The van der Waals surface area contributed by atoms with Gasteiger partial charge in [-0.05, 0) is 12.1 Å². The highest BCUT2D eigenvalue weighted by molar-refractivity contribution is 7.89. The predicted molar refractivity (Wildman–Crippen MR) is 66.5 cm³/mol. The normalized spacial score (nSPS) is 11.7. The SMILES string of the molecule is Cn1nccc1CNS(=O)(=O)c1cnccc1Cl. The van der Waals surface area contributed by atoms with Crippen LogP contribution in [0.3, 0.4) is 0 Å². The zero-order valence-corrected chi connectivity index (χ0v) is 11.1. The van der Waals surface area contributed by atoms with Crippen LogP contribution in [0.2, 0.25) is 5.02 Å². The standard InChI is InChI=1S/C10H11ClN4O2S/c1-15-8(2-5-13-15)6-14-18(16,17)10-7-12-4-3-9(10)11/h2-5,7,14H,6H2,1H3. The summed E-state index contributed by atoms with van der Waals surface area (Å²) < 4.78 is 28.0. The highest BCUT2D eigenvalue weighted by Gasteiger charge is 2.18.